The first-order chi connectivity index (χ1) is 13.5. The molecule has 0 unspecified atom stereocenters. The number of hydrogen-bond acceptors (Lipinski definition) is 4. The first-order valence-electron chi connectivity index (χ1n) is 9.44. The van der Waals surface area contributed by atoms with Gasteiger partial charge in [-0.25, -0.2) is 9.18 Å². The first-order valence-corrected chi connectivity index (χ1v) is 9.44. The number of ether oxygens (including phenoxy) is 2. The molecule has 5 heteroatoms. The van der Waals surface area contributed by atoms with Gasteiger partial charge in [-0.3, -0.25) is 0 Å². The third-order valence-electron chi connectivity index (χ3n) is 4.25. The number of hydrogen-bond donors (Lipinski definition) is 1. The van der Waals surface area contributed by atoms with E-state index in [1.54, 1.807) is 37.3 Å². The Bertz CT molecular complexity index is 829. The molecule has 0 aliphatic rings. The van der Waals surface area contributed by atoms with Crippen molar-refractivity contribution in [3.8, 4) is 16.9 Å². The Kier molecular flexibility index (Phi) is 8.20. The van der Waals surface area contributed by atoms with Gasteiger partial charge in [0.25, 0.3) is 0 Å². The molecule has 28 heavy (non-hydrogen) atoms. The summed E-state index contributed by atoms with van der Waals surface area (Å²) in [5, 5.41) is 8.95. The lowest BCUT2D eigenvalue weighted by atomic mass is 9.95. The van der Waals surface area contributed by atoms with Crippen LogP contribution in [-0.4, -0.2) is 30.9 Å². The number of esters is 1. The van der Waals surface area contributed by atoms with E-state index in [0.29, 0.717) is 23.3 Å². The SMILES string of the molecule is C=C(C)C(=O)OCCc1cc(OCCO)ccc1-c1ccc(CCC)cc1F. The average molecular weight is 386 g/mol. The number of halogens is 1. The Morgan fingerprint density at radius 3 is 2.50 bits per heavy atom. The second-order valence-electron chi connectivity index (χ2n) is 6.62. The van der Waals surface area contributed by atoms with Crippen molar-refractivity contribution in [1.29, 1.82) is 0 Å². The molecule has 0 aliphatic heterocycles. The van der Waals surface area contributed by atoms with E-state index < -0.39 is 5.97 Å². The van der Waals surface area contributed by atoms with Gasteiger partial charge in [0.1, 0.15) is 18.2 Å². The number of carbonyl (C=O) groups excluding carboxylic acids is 1. The normalized spacial score (nSPS) is 10.6. The molecule has 0 radical (unpaired) electrons. The Hall–Kier alpha value is -2.66. The van der Waals surface area contributed by atoms with E-state index in [-0.39, 0.29) is 25.6 Å². The molecule has 1 N–H and O–H groups in total. The number of aryl methyl sites for hydroxylation is 1. The number of aliphatic hydroxyl groups excluding tert-OH is 1. The third-order valence-corrected chi connectivity index (χ3v) is 4.25. The van der Waals surface area contributed by atoms with Crippen LogP contribution in [-0.2, 0) is 22.4 Å². The maximum Gasteiger partial charge on any atom is 0.333 e. The summed E-state index contributed by atoms with van der Waals surface area (Å²) in [5.41, 5.74) is 3.31. The fraction of sp³-hybridized carbons (Fsp3) is 0.348. The van der Waals surface area contributed by atoms with Crippen molar-refractivity contribution in [1.82, 2.24) is 0 Å². The lowest BCUT2D eigenvalue weighted by molar-refractivity contribution is -0.138. The smallest absolute Gasteiger partial charge is 0.333 e. The highest BCUT2D eigenvalue weighted by molar-refractivity contribution is 5.86. The molecule has 2 rings (SSSR count). The first kappa shape index (κ1) is 21.6. The Morgan fingerprint density at radius 1 is 1.11 bits per heavy atom. The van der Waals surface area contributed by atoms with Gasteiger partial charge in [-0.2, -0.15) is 0 Å². The molecule has 2 aromatic carbocycles. The zero-order chi connectivity index (χ0) is 20.5. The Balaban J connectivity index is 2.31. The molecule has 0 bridgehead atoms. The van der Waals surface area contributed by atoms with E-state index in [2.05, 4.69) is 13.5 Å². The maximum absolute atomic E-state index is 14.7. The molecule has 0 spiro atoms. The summed E-state index contributed by atoms with van der Waals surface area (Å²) < 4.78 is 25.4. The molecule has 2 aromatic rings. The van der Waals surface area contributed by atoms with Crippen molar-refractivity contribution in [2.45, 2.75) is 33.1 Å². The van der Waals surface area contributed by atoms with Crippen molar-refractivity contribution in [3.05, 3.63) is 65.5 Å². The number of rotatable bonds is 10. The lowest BCUT2D eigenvalue weighted by Crippen LogP contribution is -2.09. The summed E-state index contributed by atoms with van der Waals surface area (Å²) >= 11 is 0. The minimum atomic E-state index is -0.454. The van der Waals surface area contributed by atoms with Gasteiger partial charge in [0.15, 0.2) is 0 Å². The van der Waals surface area contributed by atoms with Crippen LogP contribution in [0.3, 0.4) is 0 Å². The molecule has 4 nitrogen and oxygen atoms in total. The van der Waals surface area contributed by atoms with Gasteiger partial charge < -0.3 is 14.6 Å². The summed E-state index contributed by atoms with van der Waals surface area (Å²) in [4.78, 5) is 11.6. The fourth-order valence-electron chi connectivity index (χ4n) is 2.89. The zero-order valence-corrected chi connectivity index (χ0v) is 16.5. The van der Waals surface area contributed by atoms with Crippen LogP contribution in [0.2, 0.25) is 0 Å². The number of carbonyl (C=O) groups is 1. The second kappa shape index (κ2) is 10.6. The molecule has 0 amide bonds. The molecule has 0 saturated heterocycles. The predicted molar refractivity (Wildman–Crippen MR) is 108 cm³/mol. The van der Waals surface area contributed by atoms with Crippen molar-refractivity contribution < 1.29 is 23.8 Å². The van der Waals surface area contributed by atoms with Crippen LogP contribution < -0.4 is 4.74 Å². The fourth-order valence-corrected chi connectivity index (χ4v) is 2.89. The summed E-state index contributed by atoms with van der Waals surface area (Å²) in [5.74, 6) is -0.165. The highest BCUT2D eigenvalue weighted by atomic mass is 19.1. The van der Waals surface area contributed by atoms with Crippen LogP contribution in [0.5, 0.6) is 5.75 Å². The maximum atomic E-state index is 14.7. The monoisotopic (exact) mass is 386 g/mol. The molecule has 0 heterocycles. The quantitative estimate of drug-likeness (QED) is 0.483. The minimum Gasteiger partial charge on any atom is -0.491 e. The Labute approximate surface area is 165 Å². The summed E-state index contributed by atoms with van der Waals surface area (Å²) in [6.45, 7) is 7.43. The Morgan fingerprint density at radius 2 is 1.86 bits per heavy atom. The van der Waals surface area contributed by atoms with Gasteiger partial charge in [0.05, 0.1) is 13.2 Å². The third kappa shape index (κ3) is 5.92. The molecular formula is C23H27FO4. The lowest BCUT2D eigenvalue weighted by Gasteiger charge is -2.14. The molecule has 0 saturated carbocycles. The van der Waals surface area contributed by atoms with E-state index >= 15 is 0 Å². The highest BCUT2D eigenvalue weighted by Crippen LogP contribution is 2.31. The molecule has 0 aliphatic carbocycles. The van der Waals surface area contributed by atoms with Gasteiger partial charge >= 0.3 is 5.97 Å². The van der Waals surface area contributed by atoms with E-state index in [4.69, 9.17) is 14.6 Å². The number of aliphatic hydroxyl groups is 1. The summed E-state index contributed by atoms with van der Waals surface area (Å²) in [6, 6.07) is 10.6. The van der Waals surface area contributed by atoms with Gasteiger partial charge in [0.2, 0.25) is 0 Å². The van der Waals surface area contributed by atoms with Crippen molar-refractivity contribution in [2.75, 3.05) is 19.8 Å². The summed E-state index contributed by atoms with van der Waals surface area (Å²) in [7, 11) is 0. The van der Waals surface area contributed by atoms with E-state index in [1.807, 2.05) is 6.07 Å². The van der Waals surface area contributed by atoms with Crippen LogP contribution in [0, 0.1) is 5.82 Å². The largest absolute Gasteiger partial charge is 0.491 e. The molecule has 0 fully saturated rings. The topological polar surface area (TPSA) is 55.8 Å². The average Bonchev–Trinajstić information content (AvgIpc) is 2.67. The summed E-state index contributed by atoms with van der Waals surface area (Å²) in [6.07, 6.45) is 2.19. The molecular weight excluding hydrogens is 359 g/mol. The second-order valence-corrected chi connectivity index (χ2v) is 6.62. The van der Waals surface area contributed by atoms with E-state index in [1.165, 1.54) is 0 Å². The molecule has 0 aromatic heterocycles. The van der Waals surface area contributed by atoms with Gasteiger partial charge in [-0.1, -0.05) is 38.1 Å². The van der Waals surface area contributed by atoms with Gasteiger partial charge in [0, 0.05) is 17.6 Å². The standard InChI is InChI=1S/C23H27FO4/c1-4-5-17-6-8-21(22(24)14-17)20-9-7-19(27-13-11-25)15-18(20)10-12-28-23(26)16(2)3/h6-9,14-15,25H,2,4-5,10-13H2,1,3H3. The van der Waals surface area contributed by atoms with Crippen molar-refractivity contribution in [3.63, 3.8) is 0 Å². The highest BCUT2D eigenvalue weighted by Gasteiger charge is 2.13. The van der Waals surface area contributed by atoms with Crippen LogP contribution in [0.25, 0.3) is 11.1 Å². The van der Waals surface area contributed by atoms with Crippen LogP contribution in [0.1, 0.15) is 31.4 Å². The number of benzene rings is 2. The van der Waals surface area contributed by atoms with Crippen molar-refractivity contribution >= 4 is 5.97 Å². The van der Waals surface area contributed by atoms with Crippen LogP contribution in [0.4, 0.5) is 4.39 Å². The van der Waals surface area contributed by atoms with E-state index in [9.17, 15) is 9.18 Å². The van der Waals surface area contributed by atoms with Gasteiger partial charge in [-0.15, -0.1) is 0 Å². The zero-order valence-electron chi connectivity index (χ0n) is 16.5. The van der Waals surface area contributed by atoms with Crippen molar-refractivity contribution in [2.24, 2.45) is 0 Å². The molecule has 150 valence electrons. The minimum absolute atomic E-state index is 0.0964. The van der Waals surface area contributed by atoms with Crippen LogP contribution >= 0.6 is 0 Å². The van der Waals surface area contributed by atoms with Crippen LogP contribution in [0.15, 0.2) is 48.6 Å². The molecule has 0 atom stereocenters. The predicted octanol–water partition coefficient (Wildman–Crippen LogP) is 4.48. The van der Waals surface area contributed by atoms with E-state index in [0.717, 1.165) is 29.5 Å². The van der Waals surface area contributed by atoms with Gasteiger partial charge in [-0.05, 0) is 48.2 Å².